The molecular formula is C32H44ClN3O3. The van der Waals surface area contributed by atoms with E-state index in [1.807, 2.05) is 6.08 Å². The Labute approximate surface area is 239 Å². The van der Waals surface area contributed by atoms with Gasteiger partial charge in [0.25, 0.3) is 5.91 Å². The monoisotopic (exact) mass is 553 g/mol. The predicted octanol–water partition coefficient (Wildman–Crippen LogP) is 7.08. The van der Waals surface area contributed by atoms with Crippen molar-refractivity contribution in [3.8, 4) is 0 Å². The van der Waals surface area contributed by atoms with Gasteiger partial charge in [0, 0.05) is 25.7 Å². The van der Waals surface area contributed by atoms with Crippen LogP contribution < -0.4 is 10.6 Å². The van der Waals surface area contributed by atoms with Crippen LogP contribution in [0.15, 0.2) is 91.2 Å². The zero-order valence-corrected chi connectivity index (χ0v) is 24.0. The second kappa shape index (κ2) is 25.1. The number of carbonyl (C=O) groups is 2. The van der Waals surface area contributed by atoms with Crippen LogP contribution in [0.4, 0.5) is 0 Å². The van der Waals surface area contributed by atoms with Crippen molar-refractivity contribution in [2.45, 2.75) is 58.3 Å². The van der Waals surface area contributed by atoms with Crippen molar-refractivity contribution in [3.05, 3.63) is 102 Å². The summed E-state index contributed by atoms with van der Waals surface area (Å²) in [6.45, 7) is 3.72. The first kappa shape index (κ1) is 33.8. The molecule has 0 atom stereocenters. The van der Waals surface area contributed by atoms with Gasteiger partial charge in [0.05, 0.1) is 18.8 Å². The third-order valence-electron chi connectivity index (χ3n) is 5.22. The lowest BCUT2D eigenvalue weighted by molar-refractivity contribution is -0.121. The number of amides is 2. The fourth-order valence-corrected chi connectivity index (χ4v) is 3.27. The summed E-state index contributed by atoms with van der Waals surface area (Å²) in [6, 6.07) is 3.18. The molecule has 0 saturated heterocycles. The Kier molecular flexibility index (Phi) is 21.7. The van der Waals surface area contributed by atoms with E-state index in [1.165, 1.54) is 6.20 Å². The number of pyridine rings is 1. The molecule has 39 heavy (non-hydrogen) atoms. The molecule has 0 bridgehead atoms. The molecule has 6 nitrogen and oxygen atoms in total. The maximum absolute atomic E-state index is 11.9. The molecule has 0 unspecified atom stereocenters. The molecule has 2 amide bonds. The molecule has 0 fully saturated rings. The van der Waals surface area contributed by atoms with Crippen LogP contribution in [0.25, 0.3) is 0 Å². The van der Waals surface area contributed by atoms with Crippen molar-refractivity contribution in [1.82, 2.24) is 15.6 Å². The van der Waals surface area contributed by atoms with Crippen molar-refractivity contribution >= 4 is 23.4 Å². The minimum absolute atomic E-state index is 0.00155. The van der Waals surface area contributed by atoms with Crippen LogP contribution in [0.5, 0.6) is 0 Å². The molecule has 1 rings (SSSR count). The third kappa shape index (κ3) is 21.4. The van der Waals surface area contributed by atoms with Crippen molar-refractivity contribution < 1.29 is 14.3 Å². The van der Waals surface area contributed by atoms with E-state index in [0.717, 1.165) is 38.5 Å². The SMILES string of the molecule is CC/C=C\C/C=C\C/C=C\C/C=C\C/C=C\C/C=C\CCC(=O)NCCOCCNC(=O)c1ccc(Cl)nc1. The van der Waals surface area contributed by atoms with Crippen molar-refractivity contribution in [1.29, 1.82) is 0 Å². The number of hydrogen-bond donors (Lipinski definition) is 2. The summed E-state index contributed by atoms with van der Waals surface area (Å²) in [5, 5.41) is 5.92. The molecule has 1 aromatic heterocycles. The summed E-state index contributed by atoms with van der Waals surface area (Å²) >= 11 is 5.71. The lowest BCUT2D eigenvalue weighted by Crippen LogP contribution is -2.30. The Bertz CT molecular complexity index is 963. The number of ether oxygens (including phenoxy) is 1. The van der Waals surface area contributed by atoms with Gasteiger partial charge in [0.2, 0.25) is 5.91 Å². The van der Waals surface area contributed by atoms with Crippen LogP contribution >= 0.6 is 11.6 Å². The van der Waals surface area contributed by atoms with Gasteiger partial charge in [0.15, 0.2) is 0 Å². The molecule has 1 heterocycles. The van der Waals surface area contributed by atoms with Gasteiger partial charge in [-0.05, 0) is 57.1 Å². The standard InChI is InChI=1S/C32H44ClN3O3/c1-2-3-4-5-6-7-8-9-10-11-12-13-14-15-16-17-18-19-20-21-31(37)34-24-26-39-27-25-35-32(38)29-22-23-30(33)36-28-29/h3-4,6-7,9-10,12-13,15-16,18-19,22-23,28H,2,5,8,11,14,17,20-21,24-27H2,1H3,(H,34,37)(H,35,38)/b4-3-,7-6-,10-9-,13-12-,16-15-,19-18-. The number of aromatic nitrogens is 1. The summed E-state index contributed by atoms with van der Waals surface area (Å²) in [5.41, 5.74) is 0.443. The van der Waals surface area contributed by atoms with Crippen LogP contribution in [0.1, 0.15) is 68.6 Å². The molecule has 0 spiro atoms. The third-order valence-corrected chi connectivity index (χ3v) is 5.45. The van der Waals surface area contributed by atoms with Crippen LogP contribution in [0, 0.1) is 0 Å². The Morgan fingerprint density at radius 2 is 1.28 bits per heavy atom. The van der Waals surface area contributed by atoms with Gasteiger partial charge in [0.1, 0.15) is 5.15 Å². The number of allylic oxidation sites excluding steroid dienone is 12. The smallest absolute Gasteiger partial charge is 0.252 e. The van der Waals surface area contributed by atoms with Gasteiger partial charge in [-0.2, -0.15) is 0 Å². The maximum atomic E-state index is 11.9. The number of rotatable bonds is 21. The van der Waals surface area contributed by atoms with Crippen molar-refractivity contribution in [3.63, 3.8) is 0 Å². The summed E-state index contributed by atoms with van der Waals surface area (Å²) in [6.07, 6.45) is 34.4. The Morgan fingerprint density at radius 1 is 0.769 bits per heavy atom. The molecule has 7 heteroatoms. The van der Waals surface area contributed by atoms with Gasteiger partial charge in [-0.15, -0.1) is 0 Å². The number of nitrogens with one attached hydrogen (secondary N) is 2. The molecule has 0 radical (unpaired) electrons. The second-order valence-corrected chi connectivity index (χ2v) is 8.93. The molecule has 0 aliphatic carbocycles. The highest BCUT2D eigenvalue weighted by Gasteiger charge is 2.05. The lowest BCUT2D eigenvalue weighted by atomic mass is 10.2. The minimum Gasteiger partial charge on any atom is -0.378 e. The highest BCUT2D eigenvalue weighted by atomic mass is 35.5. The molecular weight excluding hydrogens is 510 g/mol. The average Bonchev–Trinajstić information content (AvgIpc) is 2.94. The van der Waals surface area contributed by atoms with E-state index in [9.17, 15) is 9.59 Å². The molecule has 0 aromatic carbocycles. The molecule has 0 aliphatic rings. The van der Waals surface area contributed by atoms with Gasteiger partial charge in [-0.1, -0.05) is 91.4 Å². The topological polar surface area (TPSA) is 80.3 Å². The van der Waals surface area contributed by atoms with E-state index < -0.39 is 0 Å². The van der Waals surface area contributed by atoms with E-state index >= 15 is 0 Å². The highest BCUT2D eigenvalue weighted by Crippen LogP contribution is 2.04. The Balaban J connectivity index is 1.92. The lowest BCUT2D eigenvalue weighted by Gasteiger charge is -2.07. The molecule has 1 aromatic rings. The van der Waals surface area contributed by atoms with E-state index in [4.69, 9.17) is 16.3 Å². The van der Waals surface area contributed by atoms with Crippen LogP contribution in [-0.2, 0) is 9.53 Å². The van der Waals surface area contributed by atoms with E-state index in [2.05, 4.69) is 89.4 Å². The van der Waals surface area contributed by atoms with E-state index in [-0.39, 0.29) is 11.8 Å². The number of hydrogen-bond acceptors (Lipinski definition) is 4. The predicted molar refractivity (Wildman–Crippen MR) is 163 cm³/mol. The Morgan fingerprint density at radius 3 is 1.79 bits per heavy atom. The zero-order valence-electron chi connectivity index (χ0n) is 23.2. The van der Waals surface area contributed by atoms with E-state index in [0.29, 0.717) is 49.9 Å². The molecule has 2 N–H and O–H groups in total. The maximum Gasteiger partial charge on any atom is 0.252 e. The number of halogens is 1. The average molecular weight is 554 g/mol. The quantitative estimate of drug-likeness (QED) is 0.0968. The van der Waals surface area contributed by atoms with E-state index in [1.54, 1.807) is 12.1 Å². The highest BCUT2D eigenvalue weighted by molar-refractivity contribution is 6.29. The molecule has 212 valence electrons. The summed E-state index contributed by atoms with van der Waals surface area (Å²) in [5.74, 6) is -0.230. The van der Waals surface area contributed by atoms with Crippen molar-refractivity contribution in [2.75, 3.05) is 26.3 Å². The Hall–Kier alpha value is -3.22. The van der Waals surface area contributed by atoms with Gasteiger partial charge in [-0.25, -0.2) is 4.98 Å². The first-order chi connectivity index (χ1) is 19.1. The normalized spacial score (nSPS) is 12.3. The van der Waals surface area contributed by atoms with Crippen LogP contribution in [0.3, 0.4) is 0 Å². The number of carbonyl (C=O) groups excluding carboxylic acids is 2. The largest absolute Gasteiger partial charge is 0.378 e. The number of nitrogens with zero attached hydrogens (tertiary/aromatic N) is 1. The van der Waals surface area contributed by atoms with Gasteiger partial charge in [-0.3, -0.25) is 9.59 Å². The van der Waals surface area contributed by atoms with Gasteiger partial charge < -0.3 is 15.4 Å². The summed E-state index contributed by atoms with van der Waals surface area (Å²) in [7, 11) is 0. The fourth-order valence-electron chi connectivity index (χ4n) is 3.16. The second-order valence-electron chi connectivity index (χ2n) is 8.54. The molecule has 0 saturated carbocycles. The van der Waals surface area contributed by atoms with Crippen LogP contribution in [0.2, 0.25) is 5.15 Å². The zero-order chi connectivity index (χ0) is 28.2. The van der Waals surface area contributed by atoms with Crippen molar-refractivity contribution in [2.24, 2.45) is 0 Å². The van der Waals surface area contributed by atoms with Crippen LogP contribution in [-0.4, -0.2) is 43.1 Å². The fraction of sp³-hybridized carbons (Fsp3) is 0.406. The minimum atomic E-state index is -0.231. The summed E-state index contributed by atoms with van der Waals surface area (Å²) in [4.78, 5) is 27.7. The van der Waals surface area contributed by atoms with Gasteiger partial charge >= 0.3 is 0 Å². The summed E-state index contributed by atoms with van der Waals surface area (Å²) < 4.78 is 5.43. The first-order valence-corrected chi connectivity index (χ1v) is 14.2. The molecule has 0 aliphatic heterocycles. The first-order valence-electron chi connectivity index (χ1n) is 13.8.